The van der Waals surface area contributed by atoms with Gasteiger partial charge in [-0.2, -0.15) is 0 Å². The lowest BCUT2D eigenvalue weighted by Crippen LogP contribution is -1.97. The van der Waals surface area contributed by atoms with Crippen molar-refractivity contribution in [3.05, 3.63) is 11.6 Å². The Labute approximate surface area is 117 Å². The lowest BCUT2D eigenvalue weighted by atomic mass is 10.0. The standard InChI is InChI=1S/C16H28O3/c1-3-4-8-11-15(14(2)17)12-9-6-5-7-10-13-16(18)19/h11H,3-10,12-13H2,1-2H3,(H,18,19)/b15-11+. The van der Waals surface area contributed by atoms with Crippen molar-refractivity contribution in [3.63, 3.8) is 0 Å². The molecule has 3 heteroatoms. The number of carbonyl (C=O) groups excluding carboxylic acids is 1. The minimum absolute atomic E-state index is 0.196. The van der Waals surface area contributed by atoms with Gasteiger partial charge >= 0.3 is 5.97 Å². The lowest BCUT2D eigenvalue weighted by Gasteiger charge is -2.04. The summed E-state index contributed by atoms with van der Waals surface area (Å²) in [6.45, 7) is 3.79. The van der Waals surface area contributed by atoms with Crippen molar-refractivity contribution < 1.29 is 14.7 Å². The van der Waals surface area contributed by atoms with Gasteiger partial charge in [0.25, 0.3) is 0 Å². The van der Waals surface area contributed by atoms with Crippen molar-refractivity contribution in [2.45, 2.75) is 78.1 Å². The van der Waals surface area contributed by atoms with Crippen LogP contribution in [0.5, 0.6) is 0 Å². The number of carbonyl (C=O) groups is 2. The number of carboxylic acids is 1. The summed E-state index contributed by atoms with van der Waals surface area (Å²) < 4.78 is 0. The van der Waals surface area contributed by atoms with E-state index in [-0.39, 0.29) is 12.2 Å². The van der Waals surface area contributed by atoms with E-state index in [9.17, 15) is 9.59 Å². The number of hydrogen-bond acceptors (Lipinski definition) is 2. The highest BCUT2D eigenvalue weighted by Crippen LogP contribution is 2.14. The molecule has 0 heterocycles. The summed E-state index contributed by atoms with van der Waals surface area (Å²) in [4.78, 5) is 21.8. The summed E-state index contributed by atoms with van der Waals surface area (Å²) >= 11 is 0. The molecular weight excluding hydrogens is 240 g/mol. The maximum atomic E-state index is 11.4. The Morgan fingerprint density at radius 1 is 0.947 bits per heavy atom. The van der Waals surface area contributed by atoms with Crippen molar-refractivity contribution in [3.8, 4) is 0 Å². The first-order valence-corrected chi connectivity index (χ1v) is 7.49. The third-order valence-electron chi connectivity index (χ3n) is 3.24. The summed E-state index contributed by atoms with van der Waals surface area (Å²) in [5, 5.41) is 8.51. The van der Waals surface area contributed by atoms with Crippen LogP contribution in [0.15, 0.2) is 11.6 Å². The predicted octanol–water partition coefficient (Wildman–Crippen LogP) is 4.51. The largest absolute Gasteiger partial charge is 0.481 e. The third-order valence-corrected chi connectivity index (χ3v) is 3.24. The summed E-state index contributed by atoms with van der Waals surface area (Å²) in [5.41, 5.74) is 0.971. The van der Waals surface area contributed by atoms with Gasteiger partial charge in [-0.1, -0.05) is 45.1 Å². The summed E-state index contributed by atoms with van der Waals surface area (Å²) in [6, 6.07) is 0. The first kappa shape index (κ1) is 17.9. The molecule has 0 saturated heterocycles. The van der Waals surface area contributed by atoms with Crippen molar-refractivity contribution in [2.75, 3.05) is 0 Å². The molecule has 0 aliphatic carbocycles. The lowest BCUT2D eigenvalue weighted by molar-refractivity contribution is -0.137. The zero-order chi connectivity index (χ0) is 14.5. The predicted molar refractivity (Wildman–Crippen MR) is 78.2 cm³/mol. The summed E-state index contributed by atoms with van der Waals surface area (Å²) in [5.74, 6) is -0.514. The van der Waals surface area contributed by atoms with Crippen molar-refractivity contribution in [1.82, 2.24) is 0 Å². The fraction of sp³-hybridized carbons (Fsp3) is 0.750. The normalized spacial score (nSPS) is 11.6. The Balaban J connectivity index is 3.67. The van der Waals surface area contributed by atoms with Gasteiger partial charge in [-0.05, 0) is 38.2 Å². The number of unbranched alkanes of at least 4 members (excludes halogenated alkanes) is 6. The van der Waals surface area contributed by atoms with Gasteiger partial charge in [-0.15, -0.1) is 0 Å². The second kappa shape index (κ2) is 11.9. The molecule has 0 aromatic heterocycles. The first-order valence-electron chi connectivity index (χ1n) is 7.49. The van der Waals surface area contributed by atoms with Gasteiger partial charge in [0.1, 0.15) is 0 Å². The molecule has 0 unspecified atom stereocenters. The molecule has 0 aliphatic heterocycles. The molecule has 0 aromatic carbocycles. The van der Waals surface area contributed by atoms with Crippen LogP contribution in [0.2, 0.25) is 0 Å². The molecule has 0 atom stereocenters. The first-order chi connectivity index (χ1) is 9.07. The third kappa shape index (κ3) is 11.7. The van der Waals surface area contributed by atoms with Crippen molar-refractivity contribution >= 4 is 11.8 Å². The van der Waals surface area contributed by atoms with E-state index >= 15 is 0 Å². The second-order valence-electron chi connectivity index (χ2n) is 5.09. The topological polar surface area (TPSA) is 54.4 Å². The SMILES string of the molecule is CCCC/C=C(\CCCCCCCC(=O)O)C(C)=O. The van der Waals surface area contributed by atoms with E-state index in [2.05, 4.69) is 13.0 Å². The van der Waals surface area contributed by atoms with E-state index in [1.807, 2.05) is 0 Å². The van der Waals surface area contributed by atoms with Crippen LogP contribution in [0.4, 0.5) is 0 Å². The maximum Gasteiger partial charge on any atom is 0.303 e. The average Bonchev–Trinajstić information content (AvgIpc) is 2.34. The molecule has 110 valence electrons. The Kier molecular flexibility index (Phi) is 11.2. The summed E-state index contributed by atoms with van der Waals surface area (Å²) in [7, 11) is 0. The molecule has 0 aromatic rings. The average molecular weight is 268 g/mol. The van der Waals surface area contributed by atoms with E-state index in [1.54, 1.807) is 6.92 Å². The number of allylic oxidation sites excluding steroid dienone is 2. The van der Waals surface area contributed by atoms with E-state index in [0.717, 1.165) is 63.4 Å². The molecule has 0 bridgehead atoms. The fourth-order valence-electron chi connectivity index (χ4n) is 2.02. The van der Waals surface area contributed by atoms with Crippen LogP contribution in [0.1, 0.15) is 78.1 Å². The van der Waals surface area contributed by atoms with E-state index in [4.69, 9.17) is 5.11 Å². The van der Waals surface area contributed by atoms with Crippen molar-refractivity contribution in [2.24, 2.45) is 0 Å². The number of hydrogen-bond donors (Lipinski definition) is 1. The van der Waals surface area contributed by atoms with Gasteiger partial charge in [0.15, 0.2) is 5.78 Å². The Bertz CT molecular complexity index is 292. The van der Waals surface area contributed by atoms with E-state index < -0.39 is 5.97 Å². The molecule has 0 amide bonds. The molecule has 3 nitrogen and oxygen atoms in total. The van der Waals surface area contributed by atoms with E-state index in [1.165, 1.54) is 0 Å². The second-order valence-corrected chi connectivity index (χ2v) is 5.09. The molecule has 0 spiro atoms. The Hall–Kier alpha value is -1.12. The van der Waals surface area contributed by atoms with Gasteiger partial charge in [0.05, 0.1) is 0 Å². The smallest absolute Gasteiger partial charge is 0.303 e. The molecule has 1 N–H and O–H groups in total. The highest BCUT2D eigenvalue weighted by atomic mass is 16.4. The van der Waals surface area contributed by atoms with Crippen LogP contribution in [0.25, 0.3) is 0 Å². The van der Waals surface area contributed by atoms with Gasteiger partial charge in [0.2, 0.25) is 0 Å². The minimum Gasteiger partial charge on any atom is -0.481 e. The van der Waals surface area contributed by atoms with Crippen LogP contribution in [0.3, 0.4) is 0 Å². The summed E-state index contributed by atoms with van der Waals surface area (Å²) in [6.07, 6.45) is 11.5. The minimum atomic E-state index is -0.710. The fourth-order valence-corrected chi connectivity index (χ4v) is 2.02. The molecule has 0 fully saturated rings. The zero-order valence-corrected chi connectivity index (χ0v) is 12.4. The number of ketones is 1. The molecule has 0 rings (SSSR count). The Morgan fingerprint density at radius 2 is 1.53 bits per heavy atom. The quantitative estimate of drug-likeness (QED) is 0.418. The van der Waals surface area contributed by atoms with Crippen LogP contribution in [0, 0.1) is 0 Å². The maximum absolute atomic E-state index is 11.4. The number of aliphatic carboxylic acids is 1. The van der Waals surface area contributed by atoms with Crippen LogP contribution in [-0.2, 0) is 9.59 Å². The molecular formula is C16H28O3. The van der Waals surface area contributed by atoms with Crippen LogP contribution >= 0.6 is 0 Å². The zero-order valence-electron chi connectivity index (χ0n) is 12.4. The van der Waals surface area contributed by atoms with E-state index in [0.29, 0.717) is 0 Å². The number of carboxylic acid groups (broad SMARTS) is 1. The molecule has 0 aliphatic rings. The molecule has 19 heavy (non-hydrogen) atoms. The Morgan fingerprint density at radius 3 is 2.05 bits per heavy atom. The highest BCUT2D eigenvalue weighted by molar-refractivity contribution is 5.93. The number of rotatable bonds is 12. The van der Waals surface area contributed by atoms with Gasteiger partial charge in [-0.3, -0.25) is 9.59 Å². The van der Waals surface area contributed by atoms with Gasteiger partial charge in [-0.25, -0.2) is 0 Å². The van der Waals surface area contributed by atoms with Crippen LogP contribution in [-0.4, -0.2) is 16.9 Å². The highest BCUT2D eigenvalue weighted by Gasteiger charge is 2.03. The molecule has 0 radical (unpaired) electrons. The van der Waals surface area contributed by atoms with Crippen molar-refractivity contribution in [1.29, 1.82) is 0 Å². The van der Waals surface area contributed by atoms with Gasteiger partial charge < -0.3 is 5.11 Å². The monoisotopic (exact) mass is 268 g/mol. The van der Waals surface area contributed by atoms with Gasteiger partial charge in [0, 0.05) is 6.42 Å². The number of Topliss-reactive ketones (excluding diaryl/α,β-unsaturated/α-hetero) is 1. The van der Waals surface area contributed by atoms with Crippen LogP contribution < -0.4 is 0 Å². The molecule has 0 saturated carbocycles.